The lowest BCUT2D eigenvalue weighted by Crippen LogP contribution is -2.18. The molecule has 1 aromatic rings. The van der Waals surface area contributed by atoms with Gasteiger partial charge in [0.25, 0.3) is 0 Å². The van der Waals surface area contributed by atoms with E-state index in [-0.39, 0.29) is 11.6 Å². The van der Waals surface area contributed by atoms with Crippen molar-refractivity contribution < 1.29 is 0 Å². The minimum atomic E-state index is -1.79. The molecule has 18 heavy (non-hydrogen) atoms. The van der Waals surface area contributed by atoms with Gasteiger partial charge in [-0.25, -0.2) is 15.0 Å². The van der Waals surface area contributed by atoms with Crippen molar-refractivity contribution in [2.45, 2.75) is 27.9 Å². The van der Waals surface area contributed by atoms with Gasteiger partial charge in [0.05, 0.1) is 0 Å². The number of hydrogen-bond donors (Lipinski definition) is 0. The van der Waals surface area contributed by atoms with E-state index in [1.807, 2.05) is 13.8 Å². The predicted octanol–water partition coefficient (Wildman–Crippen LogP) is 4.72. The Morgan fingerprint density at radius 1 is 0.833 bits per heavy atom. The van der Waals surface area contributed by atoms with E-state index in [9.17, 15) is 0 Å². The molecule has 0 aromatic carbocycles. The van der Waals surface area contributed by atoms with Gasteiger partial charge in [-0.15, -0.1) is 0 Å². The van der Waals surface area contributed by atoms with E-state index in [1.54, 1.807) is 0 Å². The third-order valence-corrected chi connectivity index (χ3v) is 2.79. The van der Waals surface area contributed by atoms with Crippen LogP contribution in [0.5, 0.6) is 0 Å². The number of aromatic nitrogens is 3. The standard InChI is InChI=1S/C9H9Cl6N3/c1-4(2)3-5-16-6(8(10,11)12)18-7(17-5)9(13,14)15/h4H,3H2,1-2H3. The third-order valence-electron chi connectivity index (χ3n) is 1.78. The number of nitrogens with zero attached hydrogens (tertiary/aromatic N) is 3. The van der Waals surface area contributed by atoms with Crippen molar-refractivity contribution >= 4 is 69.6 Å². The molecule has 0 atom stereocenters. The third kappa shape index (κ3) is 5.03. The maximum absolute atomic E-state index is 5.74. The van der Waals surface area contributed by atoms with E-state index in [0.717, 1.165) is 0 Å². The highest BCUT2D eigenvalue weighted by atomic mass is 35.6. The number of hydrogen-bond acceptors (Lipinski definition) is 3. The van der Waals surface area contributed by atoms with Crippen LogP contribution in [-0.4, -0.2) is 15.0 Å². The van der Waals surface area contributed by atoms with Gasteiger partial charge in [0.15, 0.2) is 11.6 Å². The van der Waals surface area contributed by atoms with E-state index in [2.05, 4.69) is 15.0 Å². The molecule has 0 unspecified atom stereocenters. The summed E-state index contributed by atoms with van der Waals surface area (Å²) in [5, 5.41) is 0. The first-order valence-electron chi connectivity index (χ1n) is 4.89. The molecule has 0 amide bonds. The summed E-state index contributed by atoms with van der Waals surface area (Å²) in [4.78, 5) is 12.0. The van der Waals surface area contributed by atoms with E-state index >= 15 is 0 Å². The summed E-state index contributed by atoms with van der Waals surface area (Å²) < 4.78 is -3.58. The first-order chi connectivity index (χ1) is 8.00. The van der Waals surface area contributed by atoms with Gasteiger partial charge in [-0.3, -0.25) is 0 Å². The molecule has 0 aliphatic heterocycles. The monoisotopic (exact) mass is 369 g/mol. The Morgan fingerprint density at radius 2 is 1.22 bits per heavy atom. The van der Waals surface area contributed by atoms with Gasteiger partial charge in [-0.05, 0) is 5.92 Å². The molecule has 0 bridgehead atoms. The maximum atomic E-state index is 5.74. The Morgan fingerprint density at radius 3 is 1.50 bits per heavy atom. The van der Waals surface area contributed by atoms with Crippen LogP contribution in [0.15, 0.2) is 0 Å². The van der Waals surface area contributed by atoms with Gasteiger partial charge < -0.3 is 0 Å². The van der Waals surface area contributed by atoms with Gasteiger partial charge in [0.2, 0.25) is 7.59 Å². The van der Waals surface area contributed by atoms with Crippen molar-refractivity contribution in [1.29, 1.82) is 0 Å². The molecule has 0 N–H and O–H groups in total. The lowest BCUT2D eigenvalue weighted by Gasteiger charge is -2.16. The average Bonchev–Trinajstić information content (AvgIpc) is 2.13. The van der Waals surface area contributed by atoms with Crippen molar-refractivity contribution in [1.82, 2.24) is 15.0 Å². The van der Waals surface area contributed by atoms with Crippen LogP contribution in [-0.2, 0) is 14.0 Å². The van der Waals surface area contributed by atoms with Gasteiger partial charge in [0.1, 0.15) is 5.82 Å². The van der Waals surface area contributed by atoms with Crippen molar-refractivity contribution in [2.75, 3.05) is 0 Å². The van der Waals surface area contributed by atoms with Crippen LogP contribution in [0.2, 0.25) is 0 Å². The molecule has 102 valence electrons. The number of rotatable bonds is 2. The summed E-state index contributed by atoms with van der Waals surface area (Å²) >= 11 is 34.4. The second-order valence-electron chi connectivity index (χ2n) is 3.99. The van der Waals surface area contributed by atoms with E-state index in [0.29, 0.717) is 18.2 Å². The first kappa shape index (κ1) is 16.8. The summed E-state index contributed by atoms with van der Waals surface area (Å²) in [6.45, 7) is 3.99. The molecule has 0 aliphatic rings. The van der Waals surface area contributed by atoms with Gasteiger partial charge in [-0.2, -0.15) is 0 Å². The van der Waals surface area contributed by atoms with Crippen LogP contribution in [0.4, 0.5) is 0 Å². The fourth-order valence-corrected chi connectivity index (χ4v) is 1.64. The lowest BCUT2D eigenvalue weighted by atomic mass is 10.1. The average molecular weight is 372 g/mol. The molecule has 0 radical (unpaired) electrons. The molecule has 0 saturated heterocycles. The van der Waals surface area contributed by atoms with Crippen LogP contribution in [0.1, 0.15) is 31.3 Å². The molecule has 3 nitrogen and oxygen atoms in total. The summed E-state index contributed by atoms with van der Waals surface area (Å²) in [6.07, 6.45) is 0.560. The van der Waals surface area contributed by atoms with E-state index in [1.165, 1.54) is 0 Å². The Kier molecular flexibility index (Phi) is 5.62. The smallest absolute Gasteiger partial charge is 0.213 e. The molecular formula is C9H9Cl6N3. The quantitative estimate of drug-likeness (QED) is 0.706. The SMILES string of the molecule is CC(C)Cc1nc(C(Cl)(Cl)Cl)nc(C(Cl)(Cl)Cl)n1. The minimum Gasteiger partial charge on any atom is -0.213 e. The predicted molar refractivity (Wildman–Crippen MR) is 76.8 cm³/mol. The number of alkyl halides is 6. The zero-order chi connectivity index (χ0) is 14.1. The summed E-state index contributed by atoms with van der Waals surface area (Å²) in [7, 11) is 0. The van der Waals surface area contributed by atoms with Crippen molar-refractivity contribution in [3.05, 3.63) is 17.5 Å². The zero-order valence-corrected chi connectivity index (χ0v) is 13.9. The molecule has 0 saturated carbocycles. The van der Waals surface area contributed by atoms with Crippen LogP contribution in [0.3, 0.4) is 0 Å². The fourth-order valence-electron chi connectivity index (χ4n) is 1.13. The molecule has 0 spiro atoms. The minimum absolute atomic E-state index is 0.0560. The molecule has 1 aromatic heterocycles. The molecule has 0 fully saturated rings. The molecule has 9 heteroatoms. The highest BCUT2D eigenvalue weighted by molar-refractivity contribution is 6.67. The normalized spacial score (nSPS) is 13.2. The molecule has 1 rings (SSSR count). The van der Waals surface area contributed by atoms with Crippen molar-refractivity contribution in [3.63, 3.8) is 0 Å². The highest BCUT2D eigenvalue weighted by Gasteiger charge is 2.33. The second-order valence-corrected chi connectivity index (χ2v) is 8.55. The topological polar surface area (TPSA) is 38.7 Å². The van der Waals surface area contributed by atoms with Crippen molar-refractivity contribution in [2.24, 2.45) is 5.92 Å². The Labute approximate surface area is 135 Å². The van der Waals surface area contributed by atoms with Crippen LogP contribution in [0.25, 0.3) is 0 Å². The fraction of sp³-hybridized carbons (Fsp3) is 0.667. The summed E-state index contributed by atoms with van der Waals surface area (Å²) in [5.41, 5.74) is 0. The number of halogens is 6. The Hall–Kier alpha value is 0.750. The summed E-state index contributed by atoms with van der Waals surface area (Å²) in [5.74, 6) is 0.612. The van der Waals surface area contributed by atoms with Crippen molar-refractivity contribution in [3.8, 4) is 0 Å². The van der Waals surface area contributed by atoms with Gasteiger partial charge in [-0.1, -0.05) is 83.5 Å². The van der Waals surface area contributed by atoms with Crippen LogP contribution >= 0.6 is 69.6 Å². The van der Waals surface area contributed by atoms with E-state index < -0.39 is 7.59 Å². The Bertz CT molecular complexity index is 391. The lowest BCUT2D eigenvalue weighted by molar-refractivity contribution is 0.607. The van der Waals surface area contributed by atoms with E-state index in [4.69, 9.17) is 69.6 Å². The maximum Gasteiger partial charge on any atom is 0.250 e. The second kappa shape index (κ2) is 6.02. The molecule has 1 heterocycles. The molecule has 0 aliphatic carbocycles. The summed E-state index contributed by atoms with van der Waals surface area (Å²) in [6, 6.07) is 0. The van der Waals surface area contributed by atoms with Crippen LogP contribution < -0.4 is 0 Å². The highest BCUT2D eigenvalue weighted by Crippen LogP contribution is 2.39. The Balaban J connectivity index is 3.29. The van der Waals surface area contributed by atoms with Crippen LogP contribution in [0, 0.1) is 5.92 Å². The van der Waals surface area contributed by atoms with Gasteiger partial charge in [0, 0.05) is 6.42 Å². The van der Waals surface area contributed by atoms with Gasteiger partial charge >= 0.3 is 0 Å². The first-order valence-corrected chi connectivity index (χ1v) is 7.16. The zero-order valence-electron chi connectivity index (χ0n) is 9.39. The largest absolute Gasteiger partial charge is 0.250 e. The molecular weight excluding hydrogens is 363 g/mol.